The van der Waals surface area contributed by atoms with Gasteiger partial charge in [-0.1, -0.05) is 24.3 Å². The summed E-state index contributed by atoms with van der Waals surface area (Å²) in [6.45, 7) is 0.296. The number of methoxy groups -OCH3 is 2. The molecule has 0 fully saturated rings. The fourth-order valence-corrected chi connectivity index (χ4v) is 5.96. The van der Waals surface area contributed by atoms with Crippen LogP contribution in [0.1, 0.15) is 15.2 Å². The van der Waals surface area contributed by atoms with Gasteiger partial charge < -0.3 is 14.8 Å². The first-order valence-electron chi connectivity index (χ1n) is 9.89. The summed E-state index contributed by atoms with van der Waals surface area (Å²) >= 11 is 2.94. The Balaban J connectivity index is 1.43. The normalized spacial score (nSPS) is 11.8. The summed E-state index contributed by atoms with van der Waals surface area (Å²) < 4.78 is 13.7. The number of carbonyl (C=O) groups is 2. The van der Waals surface area contributed by atoms with Crippen LogP contribution in [0.25, 0.3) is 19.5 Å². The number of nitriles is 1. The van der Waals surface area contributed by atoms with E-state index in [4.69, 9.17) is 9.47 Å². The molecule has 0 spiro atoms. The third-order valence-electron chi connectivity index (χ3n) is 5.11. The number of amides is 1. The summed E-state index contributed by atoms with van der Waals surface area (Å²) in [5.41, 5.74) is 0.938. The molecule has 1 N–H and O–H groups in total. The van der Waals surface area contributed by atoms with Crippen LogP contribution in [0.4, 0.5) is 0 Å². The van der Waals surface area contributed by atoms with Gasteiger partial charge in [0.2, 0.25) is 5.91 Å². The zero-order valence-electron chi connectivity index (χ0n) is 17.5. The molecule has 8 heteroatoms. The summed E-state index contributed by atoms with van der Waals surface area (Å²) in [4.78, 5) is 25.9. The second kappa shape index (κ2) is 9.39. The summed E-state index contributed by atoms with van der Waals surface area (Å²) in [6.07, 6.45) is 0.527. The number of nitrogens with zero attached hydrogens (tertiary/aromatic N) is 1. The number of rotatable bonds is 8. The van der Waals surface area contributed by atoms with Crippen LogP contribution in [-0.4, -0.2) is 32.5 Å². The summed E-state index contributed by atoms with van der Waals surface area (Å²) in [7, 11) is 3.13. The molecule has 4 rings (SSSR count). The van der Waals surface area contributed by atoms with Crippen LogP contribution in [0.2, 0.25) is 0 Å². The van der Waals surface area contributed by atoms with E-state index in [-0.39, 0.29) is 0 Å². The predicted octanol–water partition coefficient (Wildman–Crippen LogP) is 4.81. The molecule has 2 aromatic carbocycles. The van der Waals surface area contributed by atoms with Crippen LogP contribution < -0.4 is 14.8 Å². The standard InChI is InChI=1S/C24H20N2O4S2/c1-29-17-8-7-14(11-18(17)30-2)9-10-26-24(28)16(13-25)22(27)20-12-21-23(32-20)15-5-3-4-6-19(15)31-21/h3-8,11-12,16H,9-10H2,1-2H3,(H,26,28). The molecule has 0 saturated carbocycles. The van der Waals surface area contributed by atoms with E-state index in [0.29, 0.717) is 29.3 Å². The zero-order chi connectivity index (χ0) is 22.7. The fourth-order valence-electron chi connectivity index (χ4n) is 3.47. The van der Waals surface area contributed by atoms with Crippen LogP contribution >= 0.6 is 22.7 Å². The first kappa shape index (κ1) is 21.8. The van der Waals surface area contributed by atoms with Crippen molar-refractivity contribution in [3.8, 4) is 17.6 Å². The van der Waals surface area contributed by atoms with Crippen molar-refractivity contribution < 1.29 is 19.1 Å². The number of Topliss-reactive ketones (excluding diaryl/α,β-unsaturated/α-hetero) is 1. The predicted molar refractivity (Wildman–Crippen MR) is 127 cm³/mol. The molecular weight excluding hydrogens is 444 g/mol. The van der Waals surface area contributed by atoms with Gasteiger partial charge in [0.25, 0.3) is 0 Å². The number of ether oxygens (including phenoxy) is 2. The Hall–Kier alpha value is -3.41. The highest BCUT2D eigenvalue weighted by atomic mass is 32.1. The highest BCUT2D eigenvalue weighted by molar-refractivity contribution is 7.33. The van der Waals surface area contributed by atoms with Gasteiger partial charge in [-0.2, -0.15) is 5.26 Å². The third-order valence-corrected chi connectivity index (χ3v) is 7.54. The molecule has 1 atom stereocenters. The molecular formula is C24H20N2O4S2. The van der Waals surface area contributed by atoms with Crippen molar-refractivity contribution in [3.63, 3.8) is 0 Å². The van der Waals surface area contributed by atoms with Crippen LogP contribution in [0.5, 0.6) is 11.5 Å². The molecule has 2 aromatic heterocycles. The lowest BCUT2D eigenvalue weighted by Gasteiger charge is -2.11. The Kier molecular flexibility index (Phi) is 6.40. The Bertz CT molecular complexity index is 1350. The minimum atomic E-state index is -1.38. The lowest BCUT2D eigenvalue weighted by molar-refractivity contribution is -0.122. The van der Waals surface area contributed by atoms with E-state index in [1.165, 1.54) is 11.3 Å². The molecule has 0 aliphatic heterocycles. The summed E-state index contributed by atoms with van der Waals surface area (Å²) in [6, 6.07) is 17.2. The van der Waals surface area contributed by atoms with Gasteiger partial charge in [-0.3, -0.25) is 9.59 Å². The molecule has 0 saturated heterocycles. The van der Waals surface area contributed by atoms with Crippen molar-refractivity contribution >= 4 is 53.8 Å². The second-order valence-corrected chi connectivity index (χ2v) is 9.19. The summed E-state index contributed by atoms with van der Waals surface area (Å²) in [5.74, 6) is -1.20. The number of nitrogens with one attached hydrogen (secondary N) is 1. The largest absolute Gasteiger partial charge is 0.493 e. The number of hydrogen-bond donors (Lipinski definition) is 1. The highest BCUT2D eigenvalue weighted by Crippen LogP contribution is 2.39. The van der Waals surface area contributed by atoms with Crippen molar-refractivity contribution in [2.45, 2.75) is 6.42 Å². The Labute approximate surface area is 193 Å². The van der Waals surface area contributed by atoms with Crippen LogP contribution in [0.3, 0.4) is 0 Å². The monoisotopic (exact) mass is 464 g/mol. The van der Waals surface area contributed by atoms with Crippen LogP contribution in [0, 0.1) is 17.2 Å². The van der Waals surface area contributed by atoms with E-state index < -0.39 is 17.6 Å². The van der Waals surface area contributed by atoms with Crippen molar-refractivity contribution in [2.75, 3.05) is 20.8 Å². The molecule has 0 radical (unpaired) electrons. The second-order valence-electron chi connectivity index (χ2n) is 7.06. The van der Waals surface area contributed by atoms with Crippen molar-refractivity contribution in [2.24, 2.45) is 5.92 Å². The Morgan fingerprint density at radius 1 is 1.03 bits per heavy atom. The fraction of sp³-hybridized carbons (Fsp3) is 0.208. The first-order chi connectivity index (χ1) is 15.5. The van der Waals surface area contributed by atoms with Gasteiger partial charge in [-0.25, -0.2) is 0 Å². The van der Waals surface area contributed by atoms with Gasteiger partial charge in [0, 0.05) is 21.3 Å². The van der Waals surface area contributed by atoms with Crippen molar-refractivity contribution in [1.82, 2.24) is 5.32 Å². The quantitative estimate of drug-likeness (QED) is 0.298. The maximum Gasteiger partial charge on any atom is 0.245 e. The maximum absolute atomic E-state index is 12.9. The molecule has 1 amide bonds. The van der Waals surface area contributed by atoms with Crippen molar-refractivity contribution in [3.05, 3.63) is 59.0 Å². The third kappa shape index (κ3) is 4.17. The molecule has 6 nitrogen and oxygen atoms in total. The Morgan fingerprint density at radius 2 is 1.81 bits per heavy atom. The molecule has 162 valence electrons. The number of thiophene rings is 2. The van der Waals surface area contributed by atoms with Crippen molar-refractivity contribution in [1.29, 1.82) is 5.26 Å². The minimum Gasteiger partial charge on any atom is -0.493 e. The topological polar surface area (TPSA) is 88.4 Å². The lowest BCUT2D eigenvalue weighted by Crippen LogP contribution is -2.35. The minimum absolute atomic E-state index is 0.296. The van der Waals surface area contributed by atoms with E-state index >= 15 is 0 Å². The van der Waals surface area contributed by atoms with Gasteiger partial charge in [0.15, 0.2) is 23.2 Å². The zero-order valence-corrected chi connectivity index (χ0v) is 19.1. The van der Waals surface area contributed by atoms with Gasteiger partial charge in [0.1, 0.15) is 0 Å². The van der Waals surface area contributed by atoms with Crippen LogP contribution in [-0.2, 0) is 11.2 Å². The SMILES string of the molecule is COc1ccc(CCNC(=O)C(C#N)C(=O)c2cc3sc4ccccc4c3s2)cc1OC. The molecule has 32 heavy (non-hydrogen) atoms. The number of ketones is 1. The molecule has 0 aliphatic rings. The lowest BCUT2D eigenvalue weighted by atomic mass is 10.0. The van der Waals surface area contributed by atoms with Crippen LogP contribution in [0.15, 0.2) is 48.5 Å². The molecule has 2 heterocycles. The van der Waals surface area contributed by atoms with Gasteiger partial charge in [-0.05, 0) is 36.2 Å². The molecule has 1 unspecified atom stereocenters. The maximum atomic E-state index is 12.9. The molecule has 0 bridgehead atoms. The Morgan fingerprint density at radius 3 is 2.56 bits per heavy atom. The molecule has 4 aromatic rings. The molecule has 0 aliphatic carbocycles. The number of benzene rings is 2. The first-order valence-corrected chi connectivity index (χ1v) is 11.5. The number of fused-ring (bicyclic) bond motifs is 3. The average molecular weight is 465 g/mol. The number of carbonyl (C=O) groups excluding carboxylic acids is 2. The van der Waals surface area contributed by atoms with E-state index in [1.54, 1.807) is 37.7 Å². The van der Waals surface area contributed by atoms with Gasteiger partial charge >= 0.3 is 0 Å². The average Bonchev–Trinajstić information content (AvgIpc) is 3.37. The van der Waals surface area contributed by atoms with E-state index in [1.807, 2.05) is 42.5 Å². The number of hydrogen-bond acceptors (Lipinski definition) is 7. The van der Waals surface area contributed by atoms with Gasteiger partial charge in [0.05, 0.1) is 29.9 Å². The van der Waals surface area contributed by atoms with E-state index in [0.717, 1.165) is 25.0 Å². The van der Waals surface area contributed by atoms with E-state index in [2.05, 4.69) is 5.32 Å². The van der Waals surface area contributed by atoms with E-state index in [9.17, 15) is 14.9 Å². The highest BCUT2D eigenvalue weighted by Gasteiger charge is 2.29. The van der Waals surface area contributed by atoms with Gasteiger partial charge in [-0.15, -0.1) is 22.7 Å². The smallest absolute Gasteiger partial charge is 0.245 e. The summed E-state index contributed by atoms with van der Waals surface area (Å²) in [5, 5.41) is 13.3.